The van der Waals surface area contributed by atoms with E-state index in [0.717, 1.165) is 24.0 Å². The molecule has 0 saturated heterocycles. The zero-order valence-electron chi connectivity index (χ0n) is 12.3. The van der Waals surface area contributed by atoms with Crippen LogP contribution >= 0.6 is 11.8 Å². The van der Waals surface area contributed by atoms with Gasteiger partial charge in [0.1, 0.15) is 0 Å². The van der Waals surface area contributed by atoms with Crippen molar-refractivity contribution in [2.75, 3.05) is 12.8 Å². The van der Waals surface area contributed by atoms with Gasteiger partial charge in [0.05, 0.1) is 4.90 Å². The van der Waals surface area contributed by atoms with Gasteiger partial charge in [-0.25, -0.2) is 13.1 Å². The Balaban J connectivity index is 2.82. The highest BCUT2D eigenvalue weighted by atomic mass is 32.2. The molecule has 1 aromatic carbocycles. The van der Waals surface area contributed by atoms with Crippen LogP contribution in [0.1, 0.15) is 31.4 Å². The van der Waals surface area contributed by atoms with Crippen molar-refractivity contribution in [3.63, 3.8) is 0 Å². The van der Waals surface area contributed by atoms with Crippen LogP contribution in [0.4, 0.5) is 0 Å². The lowest BCUT2D eigenvalue weighted by molar-refractivity contribution is 0.579. The second kappa shape index (κ2) is 8.02. The molecule has 0 aliphatic heterocycles. The second-order valence-electron chi connectivity index (χ2n) is 4.72. The molecule has 0 radical (unpaired) electrons. The van der Waals surface area contributed by atoms with E-state index in [4.69, 9.17) is 5.73 Å². The molecular formula is C14H24N2O2S2. The Bertz CT molecular complexity index is 530. The summed E-state index contributed by atoms with van der Waals surface area (Å²) >= 11 is 1.73. The largest absolute Gasteiger partial charge is 0.326 e. The van der Waals surface area contributed by atoms with Gasteiger partial charge in [0.2, 0.25) is 10.0 Å². The quantitative estimate of drug-likeness (QED) is 0.770. The minimum absolute atomic E-state index is 0.298. The summed E-state index contributed by atoms with van der Waals surface area (Å²) in [5, 5.41) is 0.444. The number of aryl methyl sites for hydroxylation is 1. The van der Waals surface area contributed by atoms with E-state index in [2.05, 4.69) is 11.6 Å². The second-order valence-corrected chi connectivity index (χ2v) is 7.76. The number of benzene rings is 1. The molecule has 0 fully saturated rings. The molecule has 0 bridgehead atoms. The molecule has 0 aliphatic rings. The van der Waals surface area contributed by atoms with Gasteiger partial charge in [-0.15, -0.1) is 0 Å². The highest BCUT2D eigenvalue weighted by molar-refractivity contribution is 7.99. The van der Waals surface area contributed by atoms with E-state index >= 15 is 0 Å². The topological polar surface area (TPSA) is 72.2 Å². The van der Waals surface area contributed by atoms with Crippen LogP contribution in [0.15, 0.2) is 23.1 Å². The molecular weight excluding hydrogens is 292 g/mol. The van der Waals surface area contributed by atoms with E-state index in [1.165, 1.54) is 0 Å². The maximum Gasteiger partial charge on any atom is 0.240 e. The molecule has 20 heavy (non-hydrogen) atoms. The van der Waals surface area contributed by atoms with Crippen molar-refractivity contribution in [3.8, 4) is 0 Å². The first kappa shape index (κ1) is 17.5. The number of thioether (sulfide) groups is 1. The molecule has 1 atom stereocenters. The van der Waals surface area contributed by atoms with Gasteiger partial charge in [0.25, 0.3) is 0 Å². The Morgan fingerprint density at radius 2 is 2.05 bits per heavy atom. The summed E-state index contributed by atoms with van der Waals surface area (Å²) in [5.41, 5.74) is 7.67. The Labute approximate surface area is 126 Å². The normalized spacial score (nSPS) is 13.4. The van der Waals surface area contributed by atoms with Gasteiger partial charge in [-0.05, 0) is 42.4 Å². The number of sulfonamides is 1. The van der Waals surface area contributed by atoms with Crippen LogP contribution in [-0.2, 0) is 23.0 Å². The molecule has 0 saturated carbocycles. The van der Waals surface area contributed by atoms with Crippen LogP contribution in [-0.4, -0.2) is 26.5 Å². The van der Waals surface area contributed by atoms with Crippen molar-refractivity contribution in [1.29, 1.82) is 0 Å². The zero-order chi connectivity index (χ0) is 15.2. The predicted molar refractivity (Wildman–Crippen MR) is 86.5 cm³/mol. The summed E-state index contributed by atoms with van der Waals surface area (Å²) in [6.45, 7) is 4.93. The summed E-state index contributed by atoms with van der Waals surface area (Å²) in [6, 6.07) is 5.18. The fourth-order valence-electron chi connectivity index (χ4n) is 1.90. The van der Waals surface area contributed by atoms with E-state index in [-0.39, 0.29) is 0 Å². The maximum atomic E-state index is 12.2. The van der Waals surface area contributed by atoms with Crippen LogP contribution in [0.2, 0.25) is 0 Å². The Kier molecular flexibility index (Phi) is 7.02. The average Bonchev–Trinajstić information content (AvgIpc) is 2.45. The van der Waals surface area contributed by atoms with Crippen molar-refractivity contribution in [1.82, 2.24) is 4.72 Å². The number of nitrogens with two attached hydrogens (primary N) is 1. The minimum Gasteiger partial charge on any atom is -0.326 e. The molecule has 0 amide bonds. The standard InChI is InChI=1S/C14H24N2O2S2/c1-4-12-5-6-14(9-13(12)10-15)20(17,18)16-8-7-11(2)19-3/h5-6,9,11,16H,4,7-8,10,15H2,1-3H3. The number of nitrogens with one attached hydrogen (secondary N) is 1. The monoisotopic (exact) mass is 316 g/mol. The van der Waals surface area contributed by atoms with Gasteiger partial charge >= 0.3 is 0 Å². The molecule has 6 heteroatoms. The highest BCUT2D eigenvalue weighted by Gasteiger charge is 2.15. The Hall–Kier alpha value is -0.560. The average molecular weight is 316 g/mol. The third-order valence-electron chi connectivity index (χ3n) is 3.33. The van der Waals surface area contributed by atoms with E-state index in [1.54, 1.807) is 23.9 Å². The molecule has 0 heterocycles. The molecule has 1 unspecified atom stereocenters. The van der Waals surface area contributed by atoms with Crippen molar-refractivity contribution in [2.45, 2.75) is 43.4 Å². The van der Waals surface area contributed by atoms with E-state index in [0.29, 0.717) is 23.2 Å². The zero-order valence-corrected chi connectivity index (χ0v) is 14.0. The molecule has 1 aromatic rings. The molecule has 0 aromatic heterocycles. The Morgan fingerprint density at radius 1 is 1.35 bits per heavy atom. The summed E-state index contributed by atoms with van der Waals surface area (Å²) in [6.07, 6.45) is 3.69. The first-order valence-corrected chi connectivity index (χ1v) is 9.56. The van der Waals surface area contributed by atoms with Crippen molar-refractivity contribution in [2.24, 2.45) is 5.73 Å². The van der Waals surface area contributed by atoms with Gasteiger partial charge in [0.15, 0.2) is 0 Å². The first-order valence-electron chi connectivity index (χ1n) is 6.79. The summed E-state index contributed by atoms with van der Waals surface area (Å²) in [5.74, 6) is 0. The molecule has 1 rings (SSSR count). The fourth-order valence-corrected chi connectivity index (χ4v) is 3.35. The fraction of sp³-hybridized carbons (Fsp3) is 0.571. The Morgan fingerprint density at radius 3 is 2.60 bits per heavy atom. The minimum atomic E-state index is -3.44. The number of rotatable bonds is 8. The SMILES string of the molecule is CCc1ccc(S(=O)(=O)NCCC(C)SC)cc1CN. The molecule has 4 nitrogen and oxygen atoms in total. The molecule has 0 spiro atoms. The smallest absolute Gasteiger partial charge is 0.240 e. The number of hydrogen-bond acceptors (Lipinski definition) is 4. The van der Waals surface area contributed by atoms with Crippen LogP contribution in [0.5, 0.6) is 0 Å². The van der Waals surface area contributed by atoms with Crippen molar-refractivity contribution >= 4 is 21.8 Å². The van der Waals surface area contributed by atoms with Gasteiger partial charge < -0.3 is 5.73 Å². The van der Waals surface area contributed by atoms with Gasteiger partial charge in [-0.3, -0.25) is 0 Å². The van der Waals surface area contributed by atoms with E-state index in [1.807, 2.05) is 19.2 Å². The highest BCUT2D eigenvalue weighted by Crippen LogP contribution is 2.17. The van der Waals surface area contributed by atoms with E-state index in [9.17, 15) is 8.42 Å². The maximum absolute atomic E-state index is 12.2. The first-order chi connectivity index (χ1) is 9.44. The molecule has 114 valence electrons. The molecule has 3 N–H and O–H groups in total. The van der Waals surface area contributed by atoms with Crippen molar-refractivity contribution < 1.29 is 8.42 Å². The van der Waals surface area contributed by atoms with Crippen LogP contribution in [0.25, 0.3) is 0 Å². The van der Waals surface area contributed by atoms with Crippen LogP contribution < -0.4 is 10.5 Å². The predicted octanol–water partition coefficient (Wildman–Crippen LogP) is 2.13. The lowest BCUT2D eigenvalue weighted by Gasteiger charge is -2.12. The van der Waals surface area contributed by atoms with Gasteiger partial charge in [0, 0.05) is 18.3 Å². The van der Waals surface area contributed by atoms with Crippen molar-refractivity contribution in [3.05, 3.63) is 29.3 Å². The lowest BCUT2D eigenvalue weighted by Crippen LogP contribution is -2.26. The molecule has 0 aliphatic carbocycles. The summed E-state index contributed by atoms with van der Waals surface area (Å²) in [4.78, 5) is 0.298. The van der Waals surface area contributed by atoms with E-state index < -0.39 is 10.0 Å². The summed E-state index contributed by atoms with van der Waals surface area (Å²) in [7, 11) is -3.44. The van der Waals surface area contributed by atoms with Gasteiger partial charge in [-0.2, -0.15) is 11.8 Å². The third kappa shape index (κ3) is 4.77. The van der Waals surface area contributed by atoms with Crippen LogP contribution in [0.3, 0.4) is 0 Å². The van der Waals surface area contributed by atoms with Gasteiger partial charge in [-0.1, -0.05) is 19.9 Å². The third-order valence-corrected chi connectivity index (χ3v) is 5.83. The number of hydrogen-bond donors (Lipinski definition) is 2. The summed E-state index contributed by atoms with van der Waals surface area (Å²) < 4.78 is 27.1. The van der Waals surface area contributed by atoms with Crippen LogP contribution in [0, 0.1) is 0 Å². The lowest BCUT2D eigenvalue weighted by atomic mass is 10.1.